The number of nitriles is 1. The smallest absolute Gasteiger partial charge is 0.414 e. The SMILES string of the molecule is C=C(CCC1CCCCC(C2=CC=C(C(F)(F)F)CN2)CC1)C1=CCC(c2nc3cc(C#N)cc(C(C)C)c3o2)C=C1. The number of aromatic nitrogens is 1. The standard InChI is InChI=1S/C35H40F3N3O/c1-22(2)30-18-25(20-39)19-32-33(30)42-34(41-32)28-14-12-26(13-15-28)23(3)8-9-24-6-4-5-7-27(11-10-24)31-17-16-29(21-40-31)35(36,37)38/h12-14,16-19,22,24,27-28,40H,3-11,15,21H2,1-2H3. The molecule has 222 valence electrons. The van der Waals surface area contributed by atoms with Crippen LogP contribution >= 0.6 is 0 Å². The fraction of sp³-hybridized carbons (Fsp3) is 0.486. The molecule has 0 radical (unpaired) electrons. The number of nitrogens with one attached hydrogen (secondary N) is 1. The van der Waals surface area contributed by atoms with Gasteiger partial charge in [0.15, 0.2) is 5.58 Å². The number of rotatable bonds is 7. The average Bonchev–Trinajstić information content (AvgIpc) is 3.40. The largest absolute Gasteiger partial charge is 0.440 e. The van der Waals surface area contributed by atoms with Crippen molar-refractivity contribution in [2.45, 2.75) is 89.6 Å². The Bertz CT molecular complexity index is 1480. The van der Waals surface area contributed by atoms with Crippen molar-refractivity contribution < 1.29 is 17.6 Å². The molecule has 1 aromatic heterocycles. The number of fused-ring (bicyclic) bond motifs is 1. The van der Waals surface area contributed by atoms with Crippen molar-refractivity contribution in [1.82, 2.24) is 10.3 Å². The number of hydrogen-bond acceptors (Lipinski definition) is 4. The van der Waals surface area contributed by atoms with Crippen LogP contribution in [0.15, 0.2) is 75.9 Å². The van der Waals surface area contributed by atoms with E-state index in [9.17, 15) is 18.4 Å². The molecular weight excluding hydrogens is 535 g/mol. The zero-order valence-electron chi connectivity index (χ0n) is 24.6. The minimum absolute atomic E-state index is 0.0480. The van der Waals surface area contributed by atoms with E-state index in [1.807, 2.05) is 6.07 Å². The van der Waals surface area contributed by atoms with Gasteiger partial charge in [0, 0.05) is 17.8 Å². The summed E-state index contributed by atoms with van der Waals surface area (Å²) >= 11 is 0. The molecule has 2 aliphatic carbocycles. The van der Waals surface area contributed by atoms with Gasteiger partial charge in [-0.15, -0.1) is 0 Å². The number of halogens is 3. The maximum absolute atomic E-state index is 13.0. The molecule has 1 N–H and O–H groups in total. The van der Waals surface area contributed by atoms with Crippen molar-refractivity contribution in [2.24, 2.45) is 11.8 Å². The summed E-state index contributed by atoms with van der Waals surface area (Å²) in [6, 6.07) is 5.92. The molecule has 0 amide bonds. The van der Waals surface area contributed by atoms with E-state index < -0.39 is 11.7 Å². The van der Waals surface area contributed by atoms with Crippen LogP contribution in [-0.4, -0.2) is 17.7 Å². The first-order chi connectivity index (χ1) is 20.1. The molecule has 2 aromatic rings. The summed E-state index contributed by atoms with van der Waals surface area (Å²) in [7, 11) is 0. The Morgan fingerprint density at radius 1 is 1.17 bits per heavy atom. The lowest BCUT2D eigenvalue weighted by molar-refractivity contribution is -0.0929. The number of oxazole rings is 1. The number of dihydropyridines is 1. The van der Waals surface area contributed by atoms with Crippen molar-refractivity contribution in [3.05, 3.63) is 88.5 Å². The van der Waals surface area contributed by atoms with Crippen LogP contribution in [0, 0.1) is 23.2 Å². The van der Waals surface area contributed by atoms with E-state index in [4.69, 9.17) is 9.40 Å². The molecule has 0 bridgehead atoms. The van der Waals surface area contributed by atoms with Gasteiger partial charge in [-0.25, -0.2) is 4.98 Å². The number of nitrogens with zero attached hydrogens (tertiary/aromatic N) is 2. The first kappa shape index (κ1) is 29.9. The van der Waals surface area contributed by atoms with E-state index in [1.165, 1.54) is 18.1 Å². The molecule has 3 atom stereocenters. The molecular formula is C35H40F3N3O. The van der Waals surface area contributed by atoms with Crippen LogP contribution < -0.4 is 5.32 Å². The minimum atomic E-state index is -4.27. The highest BCUT2D eigenvalue weighted by Gasteiger charge is 2.34. The maximum atomic E-state index is 13.0. The van der Waals surface area contributed by atoms with Crippen molar-refractivity contribution in [3.8, 4) is 6.07 Å². The van der Waals surface area contributed by atoms with Gasteiger partial charge in [-0.2, -0.15) is 18.4 Å². The van der Waals surface area contributed by atoms with Crippen molar-refractivity contribution >= 4 is 11.1 Å². The average molecular weight is 576 g/mol. The number of alkyl halides is 3. The molecule has 1 aliphatic heterocycles. The molecule has 2 heterocycles. The van der Waals surface area contributed by atoms with Crippen molar-refractivity contribution in [1.29, 1.82) is 5.26 Å². The Labute approximate surface area is 246 Å². The first-order valence-electron chi connectivity index (χ1n) is 15.2. The van der Waals surface area contributed by atoms with Crippen molar-refractivity contribution in [2.75, 3.05) is 6.54 Å². The highest BCUT2D eigenvalue weighted by Crippen LogP contribution is 2.37. The molecule has 1 aromatic carbocycles. The highest BCUT2D eigenvalue weighted by molar-refractivity contribution is 5.79. The van der Waals surface area contributed by atoms with Crippen LogP contribution in [-0.2, 0) is 0 Å². The van der Waals surface area contributed by atoms with Crippen LogP contribution in [0.2, 0.25) is 0 Å². The Balaban J connectivity index is 1.15. The van der Waals surface area contributed by atoms with E-state index >= 15 is 0 Å². The van der Waals surface area contributed by atoms with Gasteiger partial charge in [-0.1, -0.05) is 64.0 Å². The van der Waals surface area contributed by atoms with Gasteiger partial charge in [0.25, 0.3) is 0 Å². The summed E-state index contributed by atoms with van der Waals surface area (Å²) in [5.74, 6) is 1.86. The van der Waals surface area contributed by atoms with Gasteiger partial charge >= 0.3 is 6.18 Å². The lowest BCUT2D eigenvalue weighted by Crippen LogP contribution is -2.30. The second-order valence-corrected chi connectivity index (χ2v) is 12.3. The quantitative estimate of drug-likeness (QED) is 0.357. The molecule has 3 aliphatic rings. The number of benzene rings is 1. The van der Waals surface area contributed by atoms with Crippen molar-refractivity contribution in [3.63, 3.8) is 0 Å². The second-order valence-electron chi connectivity index (χ2n) is 12.3. The van der Waals surface area contributed by atoms with Crippen LogP contribution in [0.3, 0.4) is 0 Å². The fourth-order valence-corrected chi connectivity index (χ4v) is 6.45. The Hall–Kier alpha value is -3.53. The molecule has 7 heteroatoms. The minimum Gasteiger partial charge on any atom is -0.440 e. The van der Waals surface area contributed by atoms with E-state index in [0.29, 0.717) is 23.3 Å². The third-order valence-electron chi connectivity index (χ3n) is 9.06. The Morgan fingerprint density at radius 2 is 1.98 bits per heavy atom. The normalized spacial score (nSPS) is 23.4. The third-order valence-corrected chi connectivity index (χ3v) is 9.06. The molecule has 3 unspecified atom stereocenters. The van der Waals surface area contributed by atoms with E-state index in [1.54, 1.807) is 12.1 Å². The van der Waals surface area contributed by atoms with Gasteiger partial charge in [0.05, 0.1) is 23.1 Å². The lowest BCUT2D eigenvalue weighted by Gasteiger charge is -2.29. The van der Waals surface area contributed by atoms with Crippen LogP contribution in [0.25, 0.3) is 11.1 Å². The van der Waals surface area contributed by atoms with Crippen LogP contribution in [0.4, 0.5) is 13.2 Å². The van der Waals surface area contributed by atoms with Gasteiger partial charge in [0.2, 0.25) is 5.89 Å². The third kappa shape index (κ3) is 6.91. The van der Waals surface area contributed by atoms with E-state index in [2.05, 4.69) is 50.0 Å². The monoisotopic (exact) mass is 575 g/mol. The van der Waals surface area contributed by atoms with Gasteiger partial charge in [-0.3, -0.25) is 0 Å². The summed E-state index contributed by atoms with van der Waals surface area (Å²) in [5, 5.41) is 12.5. The maximum Gasteiger partial charge on any atom is 0.414 e. The molecule has 0 spiro atoms. The van der Waals surface area contributed by atoms with Gasteiger partial charge < -0.3 is 9.73 Å². The van der Waals surface area contributed by atoms with Gasteiger partial charge in [-0.05, 0) is 85.6 Å². The van der Waals surface area contributed by atoms with Crippen LogP contribution in [0.5, 0.6) is 0 Å². The molecule has 5 rings (SSSR count). The predicted molar refractivity (Wildman–Crippen MR) is 161 cm³/mol. The topological polar surface area (TPSA) is 61.9 Å². The molecule has 1 saturated carbocycles. The van der Waals surface area contributed by atoms with E-state index in [0.717, 1.165) is 79.3 Å². The number of hydrogen-bond donors (Lipinski definition) is 1. The lowest BCUT2D eigenvalue weighted by atomic mass is 9.80. The van der Waals surface area contributed by atoms with E-state index in [-0.39, 0.29) is 18.4 Å². The molecule has 1 fully saturated rings. The molecule has 0 saturated heterocycles. The zero-order chi connectivity index (χ0) is 29.9. The van der Waals surface area contributed by atoms with Crippen LogP contribution in [0.1, 0.15) is 100 Å². The molecule has 42 heavy (non-hydrogen) atoms. The first-order valence-corrected chi connectivity index (χ1v) is 15.2. The summed E-state index contributed by atoms with van der Waals surface area (Å²) in [4.78, 5) is 4.74. The Kier molecular flexibility index (Phi) is 9.11. The fourth-order valence-electron chi connectivity index (χ4n) is 6.45. The summed E-state index contributed by atoms with van der Waals surface area (Å²) < 4.78 is 45.2. The summed E-state index contributed by atoms with van der Waals surface area (Å²) in [6.07, 6.45) is 14.5. The summed E-state index contributed by atoms with van der Waals surface area (Å²) in [5.41, 5.74) is 5.88. The summed E-state index contributed by atoms with van der Waals surface area (Å²) in [6.45, 7) is 8.44. The zero-order valence-corrected chi connectivity index (χ0v) is 24.6. The predicted octanol–water partition coefficient (Wildman–Crippen LogP) is 9.69. The number of allylic oxidation sites excluding steroid dienone is 8. The highest BCUT2D eigenvalue weighted by atomic mass is 19.4. The second kappa shape index (κ2) is 12.8. The Morgan fingerprint density at radius 3 is 2.64 bits per heavy atom. The van der Waals surface area contributed by atoms with Gasteiger partial charge in [0.1, 0.15) is 5.52 Å². The molecule has 4 nitrogen and oxygen atoms in total.